The second kappa shape index (κ2) is 7.47. The van der Waals surface area contributed by atoms with Crippen LogP contribution in [0.4, 0.5) is 4.39 Å². The third-order valence-corrected chi connectivity index (χ3v) is 4.08. The summed E-state index contributed by atoms with van der Waals surface area (Å²) >= 11 is 6.38. The smallest absolute Gasteiger partial charge is 0.179 e. The Labute approximate surface area is 134 Å². The molecule has 3 nitrogen and oxygen atoms in total. The van der Waals surface area contributed by atoms with Crippen molar-refractivity contribution in [2.45, 2.75) is 12.3 Å². The van der Waals surface area contributed by atoms with E-state index in [1.165, 1.54) is 13.2 Å². The van der Waals surface area contributed by atoms with E-state index >= 15 is 0 Å². The van der Waals surface area contributed by atoms with E-state index in [0.717, 1.165) is 5.56 Å². The van der Waals surface area contributed by atoms with Crippen molar-refractivity contribution >= 4 is 11.6 Å². The van der Waals surface area contributed by atoms with Gasteiger partial charge in [-0.05, 0) is 36.2 Å². The van der Waals surface area contributed by atoms with Crippen LogP contribution in [0.15, 0.2) is 36.4 Å². The zero-order valence-corrected chi connectivity index (χ0v) is 13.4. The van der Waals surface area contributed by atoms with Gasteiger partial charge in [-0.25, -0.2) is 4.39 Å². The van der Waals surface area contributed by atoms with Gasteiger partial charge in [0.15, 0.2) is 11.5 Å². The predicted molar refractivity (Wildman–Crippen MR) is 86.5 cm³/mol. The molecule has 0 aromatic heterocycles. The summed E-state index contributed by atoms with van der Waals surface area (Å²) in [5, 5.41) is 0.469. The summed E-state index contributed by atoms with van der Waals surface area (Å²) in [5.41, 5.74) is 7.27. The van der Waals surface area contributed by atoms with Gasteiger partial charge in [-0.15, -0.1) is 0 Å². The molecule has 0 spiro atoms. The van der Waals surface area contributed by atoms with Gasteiger partial charge in [0.05, 0.1) is 19.2 Å². The molecular weight excluding hydrogens is 305 g/mol. The highest BCUT2D eigenvalue weighted by molar-refractivity contribution is 6.33. The molecule has 0 bridgehead atoms. The number of ether oxygens (including phenoxy) is 2. The van der Waals surface area contributed by atoms with E-state index in [-0.39, 0.29) is 11.7 Å². The molecule has 0 aliphatic carbocycles. The first-order chi connectivity index (χ1) is 10.6. The second-order valence-electron chi connectivity index (χ2n) is 4.93. The van der Waals surface area contributed by atoms with Crippen LogP contribution in [0.2, 0.25) is 5.02 Å². The van der Waals surface area contributed by atoms with Crippen LogP contribution in [-0.4, -0.2) is 20.8 Å². The van der Waals surface area contributed by atoms with Gasteiger partial charge in [-0.3, -0.25) is 0 Å². The van der Waals surface area contributed by atoms with Crippen LogP contribution in [-0.2, 0) is 6.42 Å². The monoisotopic (exact) mass is 323 g/mol. The number of hydrogen-bond donors (Lipinski definition) is 1. The predicted octanol–water partition coefficient (Wildman–Crippen LogP) is 3.78. The van der Waals surface area contributed by atoms with E-state index in [1.807, 2.05) is 6.07 Å². The molecule has 5 heteroatoms. The Morgan fingerprint density at radius 2 is 1.86 bits per heavy atom. The molecule has 0 aliphatic rings. The lowest BCUT2D eigenvalue weighted by Crippen LogP contribution is -2.16. The summed E-state index contributed by atoms with van der Waals surface area (Å²) in [4.78, 5) is 0. The maximum Gasteiger partial charge on any atom is 0.179 e. The Kier molecular flexibility index (Phi) is 5.63. The molecule has 0 saturated heterocycles. The maximum atomic E-state index is 14.0. The van der Waals surface area contributed by atoms with E-state index in [4.69, 9.17) is 26.8 Å². The molecule has 1 atom stereocenters. The van der Waals surface area contributed by atoms with E-state index in [2.05, 4.69) is 0 Å². The van der Waals surface area contributed by atoms with E-state index in [9.17, 15) is 4.39 Å². The highest BCUT2D eigenvalue weighted by atomic mass is 35.5. The Balaban J connectivity index is 2.35. The summed E-state index contributed by atoms with van der Waals surface area (Å²) in [5.74, 6) is 0.628. The number of rotatable bonds is 6. The molecule has 2 rings (SSSR count). The van der Waals surface area contributed by atoms with Crippen LogP contribution in [0.3, 0.4) is 0 Å². The molecule has 2 N–H and O–H groups in total. The average molecular weight is 324 g/mol. The highest BCUT2D eigenvalue weighted by Gasteiger charge is 2.19. The molecule has 22 heavy (non-hydrogen) atoms. The number of halogens is 2. The molecule has 0 heterocycles. The molecule has 0 saturated carbocycles. The van der Waals surface area contributed by atoms with Gasteiger partial charge < -0.3 is 15.2 Å². The zero-order valence-electron chi connectivity index (χ0n) is 12.6. The van der Waals surface area contributed by atoms with Crippen LogP contribution in [0.1, 0.15) is 17.0 Å². The van der Waals surface area contributed by atoms with Crippen molar-refractivity contribution in [1.29, 1.82) is 0 Å². The standard InChI is InChI=1S/C17H19ClFNO2/c1-21-15-8-7-11(16(18)17(15)22-2)9-12(10-20)13-5-3-4-6-14(13)19/h3-8,12H,9-10,20H2,1-2H3. The average Bonchev–Trinajstić information content (AvgIpc) is 2.54. The molecule has 0 amide bonds. The van der Waals surface area contributed by atoms with Crippen molar-refractivity contribution in [2.75, 3.05) is 20.8 Å². The minimum atomic E-state index is -0.255. The minimum Gasteiger partial charge on any atom is -0.493 e. The first-order valence-corrected chi connectivity index (χ1v) is 7.34. The van der Waals surface area contributed by atoms with Gasteiger partial charge >= 0.3 is 0 Å². The van der Waals surface area contributed by atoms with Gasteiger partial charge in [-0.1, -0.05) is 35.9 Å². The number of benzene rings is 2. The Bertz CT molecular complexity index is 649. The Hall–Kier alpha value is -1.78. The van der Waals surface area contributed by atoms with E-state index < -0.39 is 0 Å². The Morgan fingerprint density at radius 3 is 2.45 bits per heavy atom. The summed E-state index contributed by atoms with van der Waals surface area (Å²) in [7, 11) is 3.08. The van der Waals surface area contributed by atoms with E-state index in [1.54, 1.807) is 31.4 Å². The molecule has 0 aliphatic heterocycles. The van der Waals surface area contributed by atoms with Crippen LogP contribution in [0.25, 0.3) is 0 Å². The lowest BCUT2D eigenvalue weighted by atomic mass is 9.91. The lowest BCUT2D eigenvalue weighted by molar-refractivity contribution is 0.354. The van der Waals surface area contributed by atoms with Crippen LogP contribution < -0.4 is 15.2 Å². The normalized spacial score (nSPS) is 12.0. The summed E-state index contributed by atoms with van der Waals surface area (Å²) < 4.78 is 24.5. The van der Waals surface area contributed by atoms with Crippen molar-refractivity contribution in [2.24, 2.45) is 5.73 Å². The number of hydrogen-bond acceptors (Lipinski definition) is 3. The molecule has 0 radical (unpaired) electrons. The van der Waals surface area contributed by atoms with Crippen molar-refractivity contribution in [3.63, 3.8) is 0 Å². The highest BCUT2D eigenvalue weighted by Crippen LogP contribution is 2.39. The molecule has 118 valence electrons. The number of nitrogens with two attached hydrogens (primary N) is 1. The third-order valence-electron chi connectivity index (χ3n) is 3.66. The SMILES string of the molecule is COc1ccc(CC(CN)c2ccccc2F)c(Cl)c1OC. The fourth-order valence-corrected chi connectivity index (χ4v) is 2.79. The summed E-state index contributed by atoms with van der Waals surface area (Å²) in [6.07, 6.45) is 0.524. The molecule has 2 aromatic rings. The number of methoxy groups -OCH3 is 2. The quantitative estimate of drug-likeness (QED) is 0.880. The third kappa shape index (κ3) is 3.34. The largest absolute Gasteiger partial charge is 0.493 e. The van der Waals surface area contributed by atoms with Crippen molar-refractivity contribution < 1.29 is 13.9 Å². The van der Waals surface area contributed by atoms with Gasteiger partial charge in [0.1, 0.15) is 5.82 Å². The Morgan fingerprint density at radius 1 is 1.14 bits per heavy atom. The van der Waals surface area contributed by atoms with Gasteiger partial charge in [-0.2, -0.15) is 0 Å². The first-order valence-electron chi connectivity index (χ1n) is 6.96. The molecule has 0 fully saturated rings. The first kappa shape index (κ1) is 16.6. The molecular formula is C17H19ClFNO2. The van der Waals surface area contributed by atoms with E-state index in [0.29, 0.717) is 35.1 Å². The fourth-order valence-electron chi connectivity index (χ4n) is 2.48. The van der Waals surface area contributed by atoms with Crippen molar-refractivity contribution in [3.8, 4) is 11.5 Å². The lowest BCUT2D eigenvalue weighted by Gasteiger charge is -2.18. The fraction of sp³-hybridized carbons (Fsp3) is 0.294. The van der Waals surface area contributed by atoms with Crippen LogP contribution in [0.5, 0.6) is 11.5 Å². The minimum absolute atomic E-state index is 0.156. The van der Waals surface area contributed by atoms with Crippen LogP contribution >= 0.6 is 11.6 Å². The van der Waals surface area contributed by atoms with Crippen molar-refractivity contribution in [1.82, 2.24) is 0 Å². The van der Waals surface area contributed by atoms with Crippen molar-refractivity contribution in [3.05, 3.63) is 58.4 Å². The second-order valence-corrected chi connectivity index (χ2v) is 5.31. The van der Waals surface area contributed by atoms with Crippen LogP contribution in [0, 0.1) is 5.82 Å². The van der Waals surface area contributed by atoms with Gasteiger partial charge in [0.2, 0.25) is 0 Å². The molecule has 2 aromatic carbocycles. The summed E-state index contributed by atoms with van der Waals surface area (Å²) in [6, 6.07) is 10.3. The van der Waals surface area contributed by atoms with Gasteiger partial charge in [0, 0.05) is 5.92 Å². The van der Waals surface area contributed by atoms with Gasteiger partial charge in [0.25, 0.3) is 0 Å². The summed E-state index contributed by atoms with van der Waals surface area (Å²) in [6.45, 7) is 0.325. The zero-order chi connectivity index (χ0) is 16.1. The maximum absolute atomic E-state index is 14.0. The molecule has 1 unspecified atom stereocenters. The topological polar surface area (TPSA) is 44.5 Å².